The predicted molar refractivity (Wildman–Crippen MR) is 59.0 cm³/mol. The first kappa shape index (κ1) is 16.7. The molecule has 1 unspecified atom stereocenters. The van der Waals surface area contributed by atoms with E-state index in [1.165, 1.54) is 6.92 Å². The number of rotatable bonds is 7. The van der Waals surface area contributed by atoms with E-state index in [1.807, 2.05) is 0 Å². The molecule has 0 bridgehead atoms. The minimum atomic E-state index is -4.43. The third-order valence-electron chi connectivity index (χ3n) is 2.26. The van der Waals surface area contributed by atoms with E-state index in [2.05, 4.69) is 0 Å². The van der Waals surface area contributed by atoms with Crippen molar-refractivity contribution in [2.24, 2.45) is 5.92 Å². The Kier molecular flexibility index (Phi) is 6.72. The molecule has 0 spiro atoms. The van der Waals surface area contributed by atoms with Crippen molar-refractivity contribution in [3.05, 3.63) is 0 Å². The quantitative estimate of drug-likeness (QED) is 0.771. The molecule has 4 nitrogen and oxygen atoms in total. The molecule has 0 heterocycles. The highest BCUT2D eigenvalue weighted by molar-refractivity contribution is 5.77. The van der Waals surface area contributed by atoms with Crippen LogP contribution in [0, 0.1) is 5.92 Å². The first-order chi connectivity index (χ1) is 8.15. The molecular formula is C11H18F3NO3. The molecule has 0 aliphatic heterocycles. The molecule has 0 aromatic heterocycles. The summed E-state index contributed by atoms with van der Waals surface area (Å²) in [7, 11) is 0. The SMILES string of the molecule is CCCN(CC(F)(F)F)C(=O)CC(C)CC(=O)O. The summed E-state index contributed by atoms with van der Waals surface area (Å²) in [5.41, 5.74) is 0. The molecule has 106 valence electrons. The Morgan fingerprint density at radius 3 is 2.22 bits per heavy atom. The van der Waals surface area contributed by atoms with Gasteiger partial charge < -0.3 is 10.0 Å². The third kappa shape index (κ3) is 7.92. The normalized spacial score (nSPS) is 13.2. The largest absolute Gasteiger partial charge is 0.481 e. The first-order valence-electron chi connectivity index (χ1n) is 5.72. The number of hydrogen-bond donors (Lipinski definition) is 1. The molecule has 0 saturated carbocycles. The average Bonchev–Trinajstić information content (AvgIpc) is 2.13. The van der Waals surface area contributed by atoms with Gasteiger partial charge in [-0.1, -0.05) is 13.8 Å². The molecule has 1 N–H and O–H groups in total. The Balaban J connectivity index is 4.42. The van der Waals surface area contributed by atoms with Gasteiger partial charge in [0.1, 0.15) is 6.54 Å². The molecule has 0 saturated heterocycles. The number of alkyl halides is 3. The topological polar surface area (TPSA) is 57.6 Å². The Morgan fingerprint density at radius 2 is 1.83 bits per heavy atom. The van der Waals surface area contributed by atoms with Gasteiger partial charge in [-0.15, -0.1) is 0 Å². The van der Waals surface area contributed by atoms with Crippen molar-refractivity contribution in [2.45, 2.75) is 39.3 Å². The summed E-state index contributed by atoms with van der Waals surface area (Å²) < 4.78 is 36.7. The number of carboxylic acids is 1. The predicted octanol–water partition coefficient (Wildman–Crippen LogP) is 2.29. The van der Waals surface area contributed by atoms with Crippen molar-refractivity contribution in [3.8, 4) is 0 Å². The van der Waals surface area contributed by atoms with Crippen molar-refractivity contribution < 1.29 is 27.9 Å². The van der Waals surface area contributed by atoms with Crippen LogP contribution in [0.1, 0.15) is 33.1 Å². The van der Waals surface area contributed by atoms with Crippen LogP contribution >= 0.6 is 0 Å². The highest BCUT2D eigenvalue weighted by Crippen LogP contribution is 2.18. The highest BCUT2D eigenvalue weighted by Gasteiger charge is 2.32. The Hall–Kier alpha value is -1.27. The lowest BCUT2D eigenvalue weighted by Crippen LogP contribution is -2.40. The number of hydrogen-bond acceptors (Lipinski definition) is 2. The van der Waals surface area contributed by atoms with E-state index in [4.69, 9.17) is 5.11 Å². The second-order valence-electron chi connectivity index (χ2n) is 4.34. The fraction of sp³-hybridized carbons (Fsp3) is 0.818. The van der Waals surface area contributed by atoms with Crippen LogP contribution in [-0.4, -0.2) is 41.1 Å². The maximum absolute atomic E-state index is 12.2. The molecule has 0 aromatic carbocycles. The first-order valence-corrected chi connectivity index (χ1v) is 5.72. The second kappa shape index (κ2) is 7.23. The Bertz CT molecular complexity index is 292. The van der Waals surface area contributed by atoms with Crippen LogP contribution in [0.3, 0.4) is 0 Å². The molecule has 1 amide bonds. The van der Waals surface area contributed by atoms with E-state index in [-0.39, 0.29) is 19.4 Å². The average molecular weight is 269 g/mol. The van der Waals surface area contributed by atoms with E-state index in [0.29, 0.717) is 6.42 Å². The number of aliphatic carboxylic acids is 1. The highest BCUT2D eigenvalue weighted by atomic mass is 19.4. The fourth-order valence-electron chi connectivity index (χ4n) is 1.58. The second-order valence-corrected chi connectivity index (χ2v) is 4.34. The van der Waals surface area contributed by atoms with Crippen LogP contribution in [0.15, 0.2) is 0 Å². The van der Waals surface area contributed by atoms with E-state index in [1.54, 1.807) is 6.92 Å². The van der Waals surface area contributed by atoms with Gasteiger partial charge in [-0.3, -0.25) is 9.59 Å². The van der Waals surface area contributed by atoms with Crippen LogP contribution in [0.4, 0.5) is 13.2 Å². The lowest BCUT2D eigenvalue weighted by Gasteiger charge is -2.24. The van der Waals surface area contributed by atoms with E-state index >= 15 is 0 Å². The smallest absolute Gasteiger partial charge is 0.406 e. The number of halogens is 3. The zero-order valence-corrected chi connectivity index (χ0v) is 10.5. The molecule has 0 aliphatic rings. The van der Waals surface area contributed by atoms with Crippen LogP contribution in [0.25, 0.3) is 0 Å². The molecule has 0 aromatic rings. The van der Waals surface area contributed by atoms with Crippen LogP contribution in [-0.2, 0) is 9.59 Å². The van der Waals surface area contributed by atoms with Gasteiger partial charge in [-0.05, 0) is 12.3 Å². The summed E-state index contributed by atoms with van der Waals surface area (Å²) in [6.07, 6.45) is -4.41. The monoisotopic (exact) mass is 269 g/mol. The van der Waals surface area contributed by atoms with E-state index in [9.17, 15) is 22.8 Å². The van der Waals surface area contributed by atoms with Crippen molar-refractivity contribution in [3.63, 3.8) is 0 Å². The van der Waals surface area contributed by atoms with Crippen LogP contribution in [0.5, 0.6) is 0 Å². The molecule has 1 atom stereocenters. The van der Waals surface area contributed by atoms with Gasteiger partial charge in [-0.2, -0.15) is 13.2 Å². The van der Waals surface area contributed by atoms with Crippen molar-refractivity contribution in [1.29, 1.82) is 0 Å². The summed E-state index contributed by atoms with van der Waals surface area (Å²) >= 11 is 0. The van der Waals surface area contributed by atoms with Gasteiger partial charge in [0.05, 0.1) is 0 Å². The van der Waals surface area contributed by atoms with Crippen molar-refractivity contribution >= 4 is 11.9 Å². The van der Waals surface area contributed by atoms with Crippen LogP contribution in [0.2, 0.25) is 0 Å². The lowest BCUT2D eigenvalue weighted by molar-refractivity contribution is -0.162. The van der Waals surface area contributed by atoms with E-state index < -0.39 is 30.5 Å². The molecule has 7 heteroatoms. The fourth-order valence-corrected chi connectivity index (χ4v) is 1.58. The number of carboxylic acid groups (broad SMARTS) is 1. The number of nitrogens with zero attached hydrogens (tertiary/aromatic N) is 1. The van der Waals surface area contributed by atoms with Crippen LogP contribution < -0.4 is 0 Å². The standard InChI is InChI=1S/C11H18F3NO3/c1-3-4-15(7-11(12,13)14)9(16)5-8(2)6-10(17)18/h8H,3-7H2,1-2H3,(H,17,18). The molecular weight excluding hydrogens is 251 g/mol. The molecule has 18 heavy (non-hydrogen) atoms. The molecule has 0 rings (SSSR count). The summed E-state index contributed by atoms with van der Waals surface area (Å²) in [5.74, 6) is -2.18. The minimum absolute atomic E-state index is 0.0259. The van der Waals surface area contributed by atoms with Gasteiger partial charge in [0, 0.05) is 19.4 Å². The summed E-state index contributed by atoms with van der Waals surface area (Å²) in [6, 6.07) is 0. The molecule has 0 fully saturated rings. The number of carbonyl (C=O) groups is 2. The number of carbonyl (C=O) groups excluding carboxylic acids is 1. The summed E-state index contributed by atoms with van der Waals surface area (Å²) in [4.78, 5) is 22.8. The summed E-state index contributed by atoms with van der Waals surface area (Å²) in [5, 5.41) is 8.52. The van der Waals surface area contributed by atoms with Crippen molar-refractivity contribution in [1.82, 2.24) is 4.90 Å². The molecule has 0 aliphatic carbocycles. The zero-order valence-electron chi connectivity index (χ0n) is 10.5. The minimum Gasteiger partial charge on any atom is -0.481 e. The van der Waals surface area contributed by atoms with E-state index in [0.717, 1.165) is 4.90 Å². The van der Waals surface area contributed by atoms with Crippen molar-refractivity contribution in [2.75, 3.05) is 13.1 Å². The lowest BCUT2D eigenvalue weighted by atomic mass is 10.0. The Morgan fingerprint density at radius 1 is 1.28 bits per heavy atom. The van der Waals surface area contributed by atoms with Gasteiger partial charge >= 0.3 is 12.1 Å². The maximum atomic E-state index is 12.2. The molecule has 0 radical (unpaired) electrons. The number of amides is 1. The maximum Gasteiger partial charge on any atom is 0.406 e. The Labute approximate surface area is 104 Å². The van der Waals surface area contributed by atoms with Gasteiger partial charge in [0.2, 0.25) is 5.91 Å². The van der Waals surface area contributed by atoms with Gasteiger partial charge in [-0.25, -0.2) is 0 Å². The van der Waals surface area contributed by atoms with Gasteiger partial charge in [0.15, 0.2) is 0 Å². The summed E-state index contributed by atoms with van der Waals surface area (Å²) in [6.45, 7) is 1.96. The third-order valence-corrected chi connectivity index (χ3v) is 2.26. The zero-order chi connectivity index (χ0) is 14.3. The van der Waals surface area contributed by atoms with Gasteiger partial charge in [0.25, 0.3) is 0 Å².